The summed E-state index contributed by atoms with van der Waals surface area (Å²) in [5, 5.41) is 19.4. The van der Waals surface area contributed by atoms with Crippen LogP contribution in [-0.4, -0.2) is 20.5 Å². The highest BCUT2D eigenvalue weighted by Gasteiger charge is 2.27. The lowest BCUT2D eigenvalue weighted by atomic mass is 10.2. The van der Waals surface area contributed by atoms with Crippen molar-refractivity contribution in [2.45, 2.75) is 4.90 Å². The third-order valence-corrected chi connectivity index (χ3v) is 3.16. The van der Waals surface area contributed by atoms with Crippen LogP contribution in [0.25, 0.3) is 0 Å². The minimum Gasteiger partial charge on any atom is -0.489 e. The standard InChI is InChI=1S/C8H5ClN2O5S/c1-16-8-6(11(12)13)2-5(4-10)3-7(8)17(9,14)15/h2-3H,1H3. The number of nitro benzene ring substituents is 1. The van der Waals surface area contributed by atoms with Gasteiger partial charge in [0.15, 0.2) is 0 Å². The molecule has 0 radical (unpaired) electrons. The third kappa shape index (κ3) is 2.64. The Kier molecular flexibility index (Phi) is 3.55. The van der Waals surface area contributed by atoms with Gasteiger partial charge in [-0.15, -0.1) is 0 Å². The van der Waals surface area contributed by atoms with Crippen LogP contribution in [0.5, 0.6) is 5.75 Å². The topological polar surface area (TPSA) is 110 Å². The van der Waals surface area contributed by atoms with Crippen molar-refractivity contribution >= 4 is 25.4 Å². The minimum atomic E-state index is -4.24. The van der Waals surface area contributed by atoms with E-state index in [2.05, 4.69) is 4.74 Å². The lowest BCUT2D eigenvalue weighted by molar-refractivity contribution is -0.386. The first-order valence-corrected chi connectivity index (χ1v) is 6.33. The van der Waals surface area contributed by atoms with E-state index < -0.39 is 30.3 Å². The van der Waals surface area contributed by atoms with Gasteiger partial charge in [0.1, 0.15) is 4.90 Å². The second kappa shape index (κ2) is 4.57. The Bertz CT molecular complexity index is 620. The van der Waals surface area contributed by atoms with Crippen molar-refractivity contribution in [3.8, 4) is 11.8 Å². The molecule has 0 heterocycles. The molecule has 17 heavy (non-hydrogen) atoms. The Morgan fingerprint density at radius 3 is 2.47 bits per heavy atom. The SMILES string of the molecule is COc1c([N+](=O)[O-])cc(C#N)cc1S(=O)(=O)Cl. The number of hydrogen-bond acceptors (Lipinski definition) is 6. The Labute approximate surface area is 101 Å². The number of nitrogens with zero attached hydrogens (tertiary/aromatic N) is 2. The molecule has 9 heteroatoms. The summed E-state index contributed by atoms with van der Waals surface area (Å²) in [5.74, 6) is -0.496. The molecular formula is C8H5ClN2O5S. The van der Waals surface area contributed by atoms with Crippen LogP contribution in [-0.2, 0) is 9.05 Å². The summed E-state index contributed by atoms with van der Waals surface area (Å²) >= 11 is 0. The van der Waals surface area contributed by atoms with Crippen LogP contribution >= 0.6 is 10.7 Å². The lowest BCUT2D eigenvalue weighted by Crippen LogP contribution is -2.01. The van der Waals surface area contributed by atoms with E-state index in [-0.39, 0.29) is 5.56 Å². The summed E-state index contributed by atoms with van der Waals surface area (Å²) in [5.41, 5.74) is -0.831. The van der Waals surface area contributed by atoms with Crippen molar-refractivity contribution in [3.63, 3.8) is 0 Å². The molecule has 0 unspecified atom stereocenters. The van der Waals surface area contributed by atoms with Crippen LogP contribution in [0.4, 0.5) is 5.69 Å². The lowest BCUT2D eigenvalue weighted by Gasteiger charge is -2.06. The number of methoxy groups -OCH3 is 1. The average Bonchev–Trinajstić information content (AvgIpc) is 2.25. The fourth-order valence-corrected chi connectivity index (χ4v) is 2.19. The van der Waals surface area contributed by atoms with Gasteiger partial charge in [-0.05, 0) is 6.07 Å². The van der Waals surface area contributed by atoms with Crippen molar-refractivity contribution in [3.05, 3.63) is 27.8 Å². The zero-order valence-electron chi connectivity index (χ0n) is 8.38. The molecule has 0 saturated carbocycles. The summed E-state index contributed by atoms with van der Waals surface area (Å²) in [6, 6.07) is 3.42. The number of nitriles is 1. The van der Waals surface area contributed by atoms with E-state index in [9.17, 15) is 18.5 Å². The highest BCUT2D eigenvalue weighted by molar-refractivity contribution is 8.13. The molecule has 0 saturated heterocycles. The molecule has 1 aromatic rings. The normalized spacial score (nSPS) is 10.6. The van der Waals surface area contributed by atoms with E-state index in [1.165, 1.54) is 0 Å². The van der Waals surface area contributed by atoms with Crippen LogP contribution in [0.1, 0.15) is 5.56 Å². The van der Waals surface area contributed by atoms with Gasteiger partial charge in [0, 0.05) is 16.7 Å². The summed E-state index contributed by atoms with van der Waals surface area (Å²) in [7, 11) is 1.94. The maximum absolute atomic E-state index is 11.2. The zero-order chi connectivity index (χ0) is 13.2. The first kappa shape index (κ1) is 13.2. The Balaban J connectivity index is 3.77. The Morgan fingerprint density at radius 2 is 2.12 bits per heavy atom. The molecule has 0 fully saturated rings. The van der Waals surface area contributed by atoms with Gasteiger partial charge in [-0.2, -0.15) is 5.26 Å². The number of benzene rings is 1. The highest BCUT2D eigenvalue weighted by atomic mass is 35.7. The second-order valence-corrected chi connectivity index (χ2v) is 5.37. The van der Waals surface area contributed by atoms with Crippen molar-refractivity contribution in [2.75, 3.05) is 7.11 Å². The molecule has 0 amide bonds. The van der Waals surface area contributed by atoms with Crippen LogP contribution in [0.2, 0.25) is 0 Å². The van der Waals surface area contributed by atoms with Crippen LogP contribution in [0.3, 0.4) is 0 Å². The molecule has 0 atom stereocenters. The summed E-state index contributed by atoms with van der Waals surface area (Å²) in [6.45, 7) is 0. The summed E-state index contributed by atoms with van der Waals surface area (Å²) in [6.07, 6.45) is 0. The summed E-state index contributed by atoms with van der Waals surface area (Å²) < 4.78 is 27.1. The van der Waals surface area contributed by atoms with Gasteiger partial charge in [0.05, 0.1) is 23.7 Å². The van der Waals surface area contributed by atoms with Crippen molar-refractivity contribution in [1.29, 1.82) is 5.26 Å². The number of nitro groups is 1. The van der Waals surface area contributed by atoms with Gasteiger partial charge in [-0.1, -0.05) is 0 Å². The Morgan fingerprint density at radius 1 is 1.53 bits per heavy atom. The van der Waals surface area contributed by atoms with E-state index in [1.807, 2.05) is 0 Å². The van der Waals surface area contributed by atoms with Crippen molar-refractivity contribution in [1.82, 2.24) is 0 Å². The van der Waals surface area contributed by atoms with Crippen LogP contribution < -0.4 is 4.74 Å². The number of rotatable bonds is 3. The van der Waals surface area contributed by atoms with Crippen LogP contribution in [0.15, 0.2) is 17.0 Å². The first-order chi connectivity index (χ1) is 7.81. The maximum Gasteiger partial charge on any atom is 0.313 e. The molecule has 0 aromatic heterocycles. The van der Waals surface area contributed by atoms with E-state index in [4.69, 9.17) is 15.9 Å². The van der Waals surface area contributed by atoms with Crippen molar-refractivity contribution < 1.29 is 18.1 Å². The quantitative estimate of drug-likeness (QED) is 0.469. The zero-order valence-corrected chi connectivity index (χ0v) is 9.95. The molecule has 1 aromatic carbocycles. The van der Waals surface area contributed by atoms with E-state index in [1.54, 1.807) is 6.07 Å². The van der Waals surface area contributed by atoms with Gasteiger partial charge in [-0.25, -0.2) is 8.42 Å². The second-order valence-electron chi connectivity index (χ2n) is 2.83. The molecular weight excluding hydrogens is 272 g/mol. The molecule has 7 nitrogen and oxygen atoms in total. The highest BCUT2D eigenvalue weighted by Crippen LogP contribution is 2.36. The molecule has 1 rings (SSSR count). The Hall–Kier alpha value is -1.85. The van der Waals surface area contributed by atoms with Gasteiger partial charge < -0.3 is 4.74 Å². The van der Waals surface area contributed by atoms with E-state index in [0.29, 0.717) is 0 Å². The molecule has 90 valence electrons. The van der Waals surface area contributed by atoms with Gasteiger partial charge >= 0.3 is 5.69 Å². The first-order valence-electron chi connectivity index (χ1n) is 4.02. The molecule has 0 bridgehead atoms. The molecule has 0 aliphatic heterocycles. The van der Waals surface area contributed by atoms with Gasteiger partial charge in [-0.3, -0.25) is 10.1 Å². The average molecular weight is 277 g/mol. The fraction of sp³-hybridized carbons (Fsp3) is 0.125. The maximum atomic E-state index is 11.2. The number of halogens is 1. The monoisotopic (exact) mass is 276 g/mol. The minimum absolute atomic E-state index is 0.197. The number of ether oxygens (including phenoxy) is 1. The largest absolute Gasteiger partial charge is 0.489 e. The fourth-order valence-electron chi connectivity index (χ4n) is 1.17. The smallest absolute Gasteiger partial charge is 0.313 e. The molecule has 0 N–H and O–H groups in total. The predicted octanol–water partition coefficient (Wildman–Crippen LogP) is 1.40. The summed E-state index contributed by atoms with van der Waals surface area (Å²) in [4.78, 5) is 9.25. The molecule has 0 aliphatic rings. The molecule has 0 aliphatic carbocycles. The van der Waals surface area contributed by atoms with E-state index in [0.717, 1.165) is 19.2 Å². The molecule has 0 spiro atoms. The number of hydrogen-bond donors (Lipinski definition) is 0. The third-order valence-electron chi connectivity index (χ3n) is 1.83. The van der Waals surface area contributed by atoms with Gasteiger partial charge in [0.25, 0.3) is 9.05 Å². The van der Waals surface area contributed by atoms with Gasteiger partial charge in [0.2, 0.25) is 5.75 Å². The van der Waals surface area contributed by atoms with Crippen molar-refractivity contribution in [2.24, 2.45) is 0 Å². The van der Waals surface area contributed by atoms with Crippen LogP contribution in [0, 0.1) is 21.4 Å². The predicted molar refractivity (Wildman–Crippen MR) is 57.4 cm³/mol. The van der Waals surface area contributed by atoms with E-state index >= 15 is 0 Å².